The number of aldehydes is 1. The van der Waals surface area contributed by atoms with Crippen molar-refractivity contribution in [3.8, 4) is 11.4 Å². The average molecular weight is 356 g/mol. The summed E-state index contributed by atoms with van der Waals surface area (Å²) in [5.41, 5.74) is 2.79. The highest BCUT2D eigenvalue weighted by Crippen LogP contribution is 2.28. The van der Waals surface area contributed by atoms with E-state index < -0.39 is 6.36 Å². The highest BCUT2D eigenvalue weighted by molar-refractivity contribution is 6.05. The molecule has 0 unspecified atom stereocenters. The number of rotatable bonds is 3. The minimum absolute atomic E-state index is 0.280. The van der Waals surface area contributed by atoms with E-state index >= 15 is 0 Å². The molecule has 0 fully saturated rings. The number of ether oxygens (including phenoxy) is 1. The highest BCUT2D eigenvalue weighted by Gasteiger charge is 2.31. The molecule has 0 amide bonds. The Bertz CT molecular complexity index is 1120. The third-order valence-corrected chi connectivity index (χ3v) is 4.04. The number of benzene rings is 3. The molecule has 0 N–H and O–H groups in total. The van der Waals surface area contributed by atoms with Gasteiger partial charge in [0.05, 0.1) is 11.0 Å². The Hall–Kier alpha value is -3.35. The van der Waals surface area contributed by atoms with Gasteiger partial charge in [0, 0.05) is 16.6 Å². The van der Waals surface area contributed by atoms with Gasteiger partial charge in [-0.15, -0.1) is 13.2 Å². The Balaban J connectivity index is 1.77. The maximum Gasteiger partial charge on any atom is 0.573 e. The summed E-state index contributed by atoms with van der Waals surface area (Å²) < 4.78 is 42.5. The summed E-state index contributed by atoms with van der Waals surface area (Å²) in [5.74, 6) is -0.280. The van der Waals surface area contributed by atoms with Crippen LogP contribution in [0.5, 0.6) is 5.75 Å². The van der Waals surface area contributed by atoms with Gasteiger partial charge in [-0.3, -0.25) is 9.36 Å². The largest absolute Gasteiger partial charge is 0.573 e. The number of fused-ring (bicyclic) bond motifs is 3. The lowest BCUT2D eigenvalue weighted by molar-refractivity contribution is -0.274. The maximum absolute atomic E-state index is 12.3. The quantitative estimate of drug-likeness (QED) is 0.491. The summed E-state index contributed by atoms with van der Waals surface area (Å²) in [4.78, 5) is 15.3. The molecule has 0 radical (unpaired) electrons. The van der Waals surface area contributed by atoms with Crippen LogP contribution in [0.1, 0.15) is 10.4 Å². The number of nitrogens with zero attached hydrogens (tertiary/aromatic N) is 2. The molecule has 130 valence electrons. The first-order valence-electron chi connectivity index (χ1n) is 7.66. The normalized spacial score (nSPS) is 11.8. The van der Waals surface area contributed by atoms with Crippen LogP contribution in [-0.2, 0) is 0 Å². The van der Waals surface area contributed by atoms with Crippen LogP contribution in [0.3, 0.4) is 0 Å². The molecule has 1 aromatic heterocycles. The van der Waals surface area contributed by atoms with E-state index in [9.17, 15) is 18.0 Å². The van der Waals surface area contributed by atoms with Crippen LogP contribution < -0.4 is 4.74 Å². The van der Waals surface area contributed by atoms with Gasteiger partial charge >= 0.3 is 6.36 Å². The van der Waals surface area contributed by atoms with Crippen LogP contribution in [0.15, 0.2) is 60.9 Å². The molecular formula is C19H11F3N2O2. The fraction of sp³-hybridized carbons (Fsp3) is 0.0526. The zero-order valence-corrected chi connectivity index (χ0v) is 13.2. The third kappa shape index (κ3) is 2.88. The van der Waals surface area contributed by atoms with E-state index in [0.717, 1.165) is 28.1 Å². The smallest absolute Gasteiger partial charge is 0.406 e. The summed E-state index contributed by atoms with van der Waals surface area (Å²) in [6.07, 6.45) is -2.33. The fourth-order valence-electron chi connectivity index (χ4n) is 2.92. The second-order valence-electron chi connectivity index (χ2n) is 5.69. The molecule has 1 heterocycles. The standard InChI is InChI=1S/C19H11F3N2O2/c20-19(21,22)26-15-5-3-14(4-6-15)24-11-23-18-16-7-1-12(10-25)9-13(16)2-8-17(18)24/h1-11H. The van der Waals surface area contributed by atoms with Gasteiger partial charge in [0.1, 0.15) is 18.4 Å². The van der Waals surface area contributed by atoms with Crippen molar-refractivity contribution in [3.63, 3.8) is 0 Å². The molecule has 0 bridgehead atoms. The molecule has 4 rings (SSSR count). The lowest BCUT2D eigenvalue weighted by Gasteiger charge is -2.10. The minimum atomic E-state index is -4.72. The third-order valence-electron chi connectivity index (χ3n) is 4.04. The number of carbonyl (C=O) groups excluding carboxylic acids is 1. The zero-order chi connectivity index (χ0) is 18.3. The van der Waals surface area contributed by atoms with Crippen LogP contribution in [0.25, 0.3) is 27.5 Å². The molecule has 4 nitrogen and oxygen atoms in total. The van der Waals surface area contributed by atoms with E-state index in [0.29, 0.717) is 11.3 Å². The van der Waals surface area contributed by atoms with Gasteiger partial charge < -0.3 is 4.74 Å². The molecule has 0 aliphatic carbocycles. The summed E-state index contributed by atoms with van der Waals surface area (Å²) >= 11 is 0. The molecule has 0 saturated carbocycles. The number of halogens is 3. The van der Waals surface area contributed by atoms with E-state index in [1.165, 1.54) is 24.3 Å². The first kappa shape index (κ1) is 16.1. The number of imidazole rings is 1. The van der Waals surface area contributed by atoms with Crippen molar-refractivity contribution in [2.24, 2.45) is 0 Å². The van der Waals surface area contributed by atoms with E-state index in [1.807, 2.05) is 18.2 Å². The van der Waals surface area contributed by atoms with E-state index in [2.05, 4.69) is 9.72 Å². The Morgan fingerprint density at radius 3 is 2.46 bits per heavy atom. The van der Waals surface area contributed by atoms with Crippen molar-refractivity contribution < 1.29 is 22.7 Å². The topological polar surface area (TPSA) is 44.1 Å². The molecule has 26 heavy (non-hydrogen) atoms. The molecule has 0 aliphatic heterocycles. The second kappa shape index (κ2) is 5.87. The molecule has 0 atom stereocenters. The monoisotopic (exact) mass is 356 g/mol. The number of aromatic nitrogens is 2. The minimum Gasteiger partial charge on any atom is -0.406 e. The molecule has 0 saturated heterocycles. The van der Waals surface area contributed by atoms with Gasteiger partial charge in [-0.25, -0.2) is 4.98 Å². The van der Waals surface area contributed by atoms with Crippen LogP contribution >= 0.6 is 0 Å². The van der Waals surface area contributed by atoms with Crippen LogP contribution in [0.2, 0.25) is 0 Å². The number of alkyl halides is 3. The van der Waals surface area contributed by atoms with Crippen LogP contribution in [0, 0.1) is 0 Å². The Morgan fingerprint density at radius 1 is 1.00 bits per heavy atom. The van der Waals surface area contributed by atoms with E-state index in [-0.39, 0.29) is 5.75 Å². The molecule has 4 aromatic rings. The van der Waals surface area contributed by atoms with Crippen molar-refractivity contribution in [2.75, 3.05) is 0 Å². The van der Waals surface area contributed by atoms with Crippen molar-refractivity contribution in [1.29, 1.82) is 0 Å². The van der Waals surface area contributed by atoms with Gasteiger partial charge in [-0.2, -0.15) is 0 Å². The fourth-order valence-corrected chi connectivity index (χ4v) is 2.92. The Morgan fingerprint density at radius 2 is 1.77 bits per heavy atom. The Kier molecular flexibility index (Phi) is 3.64. The van der Waals surface area contributed by atoms with Gasteiger partial charge in [-0.1, -0.05) is 18.2 Å². The van der Waals surface area contributed by atoms with Gasteiger partial charge in [0.25, 0.3) is 0 Å². The molecule has 7 heteroatoms. The highest BCUT2D eigenvalue weighted by atomic mass is 19.4. The van der Waals surface area contributed by atoms with Gasteiger partial charge in [0.15, 0.2) is 0 Å². The lowest BCUT2D eigenvalue weighted by Crippen LogP contribution is -2.17. The predicted molar refractivity (Wildman–Crippen MR) is 90.6 cm³/mol. The summed E-state index contributed by atoms with van der Waals surface area (Å²) in [6, 6.07) is 14.6. The van der Waals surface area contributed by atoms with E-state index in [4.69, 9.17) is 0 Å². The number of hydrogen-bond donors (Lipinski definition) is 0. The van der Waals surface area contributed by atoms with Gasteiger partial charge in [-0.05, 0) is 41.8 Å². The maximum atomic E-state index is 12.3. The molecular weight excluding hydrogens is 345 g/mol. The number of hydrogen-bond acceptors (Lipinski definition) is 3. The first-order chi connectivity index (χ1) is 12.4. The SMILES string of the molecule is O=Cc1ccc2c(ccc3c2ncn3-c2ccc(OC(F)(F)F)cc2)c1. The average Bonchev–Trinajstić information content (AvgIpc) is 3.05. The second-order valence-corrected chi connectivity index (χ2v) is 5.69. The lowest BCUT2D eigenvalue weighted by atomic mass is 10.1. The molecule has 0 spiro atoms. The van der Waals surface area contributed by atoms with Crippen LogP contribution in [-0.4, -0.2) is 22.2 Å². The number of carbonyl (C=O) groups is 1. The zero-order valence-electron chi connectivity index (χ0n) is 13.2. The summed E-state index contributed by atoms with van der Waals surface area (Å²) in [6.45, 7) is 0. The molecule has 3 aromatic carbocycles. The van der Waals surface area contributed by atoms with Crippen molar-refractivity contribution in [1.82, 2.24) is 9.55 Å². The van der Waals surface area contributed by atoms with E-state index in [1.54, 1.807) is 23.0 Å². The molecule has 0 aliphatic rings. The van der Waals surface area contributed by atoms with Crippen molar-refractivity contribution >= 4 is 28.1 Å². The van der Waals surface area contributed by atoms with Crippen molar-refractivity contribution in [2.45, 2.75) is 6.36 Å². The summed E-state index contributed by atoms with van der Waals surface area (Å²) in [5, 5.41) is 1.78. The first-order valence-corrected chi connectivity index (χ1v) is 7.66. The van der Waals surface area contributed by atoms with Crippen molar-refractivity contribution in [3.05, 3.63) is 66.5 Å². The summed E-state index contributed by atoms with van der Waals surface area (Å²) in [7, 11) is 0. The van der Waals surface area contributed by atoms with Gasteiger partial charge in [0.2, 0.25) is 0 Å². The van der Waals surface area contributed by atoms with Crippen LogP contribution in [0.4, 0.5) is 13.2 Å². The predicted octanol–water partition coefficient (Wildman–Crippen LogP) is 4.89. The Labute approximate surface area is 145 Å².